The third kappa shape index (κ3) is 4.03. The molecule has 1 aliphatic rings. The van der Waals surface area contributed by atoms with Gasteiger partial charge in [0.1, 0.15) is 0 Å². The minimum absolute atomic E-state index is 0.189. The van der Waals surface area contributed by atoms with Crippen molar-refractivity contribution in [1.29, 1.82) is 0 Å². The standard InChI is InChI=1S/C17H20FN5O2/c18-14-10-20-17(21-13-3-1-12(2-4-13)16(24)25)22-15(14)23-7-5-11(9-19)6-8-23/h1-4,10-11H,5-9,19H2,(H,24,25)(H,20,21,22). The Kier molecular flexibility index (Phi) is 5.08. The van der Waals surface area contributed by atoms with Crippen molar-refractivity contribution in [2.45, 2.75) is 12.8 Å². The van der Waals surface area contributed by atoms with Crippen molar-refractivity contribution in [3.8, 4) is 0 Å². The van der Waals surface area contributed by atoms with Crippen LogP contribution in [0.25, 0.3) is 0 Å². The number of nitrogens with one attached hydrogen (secondary N) is 1. The summed E-state index contributed by atoms with van der Waals surface area (Å²) in [5.41, 5.74) is 6.51. The predicted octanol–water partition coefficient (Wildman–Crippen LogP) is 2.23. The van der Waals surface area contributed by atoms with Gasteiger partial charge in [0.05, 0.1) is 11.8 Å². The first-order valence-corrected chi connectivity index (χ1v) is 8.14. The van der Waals surface area contributed by atoms with E-state index in [1.165, 1.54) is 12.1 Å². The van der Waals surface area contributed by atoms with E-state index in [1.807, 2.05) is 4.90 Å². The van der Waals surface area contributed by atoms with Crippen molar-refractivity contribution >= 4 is 23.4 Å². The lowest BCUT2D eigenvalue weighted by atomic mass is 9.97. The van der Waals surface area contributed by atoms with Crippen LogP contribution in [0.15, 0.2) is 30.5 Å². The van der Waals surface area contributed by atoms with Gasteiger partial charge in [0, 0.05) is 18.8 Å². The minimum Gasteiger partial charge on any atom is -0.478 e. The molecule has 0 radical (unpaired) electrons. The summed E-state index contributed by atoms with van der Waals surface area (Å²) in [5, 5.41) is 11.9. The number of carboxylic acids is 1. The summed E-state index contributed by atoms with van der Waals surface area (Å²) < 4.78 is 14.1. The van der Waals surface area contributed by atoms with Crippen molar-refractivity contribution < 1.29 is 14.3 Å². The number of nitrogens with two attached hydrogens (primary N) is 1. The second kappa shape index (κ2) is 7.43. The van der Waals surface area contributed by atoms with Crippen LogP contribution in [-0.2, 0) is 0 Å². The monoisotopic (exact) mass is 345 g/mol. The summed E-state index contributed by atoms with van der Waals surface area (Å²) in [6.45, 7) is 2.07. The van der Waals surface area contributed by atoms with Crippen molar-refractivity contribution in [3.05, 3.63) is 41.8 Å². The topological polar surface area (TPSA) is 104 Å². The third-order valence-electron chi connectivity index (χ3n) is 4.36. The number of hydrogen-bond acceptors (Lipinski definition) is 6. The van der Waals surface area contributed by atoms with Crippen LogP contribution in [0.2, 0.25) is 0 Å². The Morgan fingerprint density at radius 1 is 1.32 bits per heavy atom. The zero-order chi connectivity index (χ0) is 17.8. The average Bonchev–Trinajstić information content (AvgIpc) is 2.64. The van der Waals surface area contributed by atoms with E-state index in [1.54, 1.807) is 12.1 Å². The Bertz CT molecular complexity index is 745. The van der Waals surface area contributed by atoms with Crippen LogP contribution in [0.3, 0.4) is 0 Å². The zero-order valence-corrected chi connectivity index (χ0v) is 13.7. The molecule has 7 nitrogen and oxygen atoms in total. The number of benzene rings is 1. The molecule has 2 heterocycles. The molecule has 132 valence electrons. The first kappa shape index (κ1) is 17.1. The molecule has 1 aliphatic heterocycles. The lowest BCUT2D eigenvalue weighted by Crippen LogP contribution is -2.37. The molecule has 1 aromatic carbocycles. The Labute approximate surface area is 144 Å². The summed E-state index contributed by atoms with van der Waals surface area (Å²) in [5.74, 6) is -0.437. The van der Waals surface area contributed by atoms with Gasteiger partial charge >= 0.3 is 5.97 Å². The van der Waals surface area contributed by atoms with Crippen molar-refractivity contribution in [3.63, 3.8) is 0 Å². The van der Waals surface area contributed by atoms with Crippen LogP contribution in [0.1, 0.15) is 23.2 Å². The summed E-state index contributed by atoms with van der Waals surface area (Å²) in [4.78, 5) is 21.0. The van der Waals surface area contributed by atoms with Gasteiger partial charge in [0.2, 0.25) is 5.95 Å². The van der Waals surface area contributed by atoms with Gasteiger partial charge in [0.15, 0.2) is 11.6 Å². The number of anilines is 3. The van der Waals surface area contributed by atoms with Gasteiger partial charge in [-0.15, -0.1) is 0 Å². The molecule has 1 fully saturated rings. The van der Waals surface area contributed by atoms with E-state index >= 15 is 0 Å². The molecule has 2 aromatic rings. The fraction of sp³-hybridized carbons (Fsp3) is 0.353. The van der Waals surface area contributed by atoms with E-state index in [0.717, 1.165) is 19.0 Å². The smallest absolute Gasteiger partial charge is 0.335 e. The second-order valence-electron chi connectivity index (χ2n) is 6.04. The maximum Gasteiger partial charge on any atom is 0.335 e. The van der Waals surface area contributed by atoms with Gasteiger partial charge < -0.3 is 21.1 Å². The maximum atomic E-state index is 14.1. The van der Waals surface area contributed by atoms with Crippen molar-refractivity contribution in [2.75, 3.05) is 29.9 Å². The molecular weight excluding hydrogens is 325 g/mol. The lowest BCUT2D eigenvalue weighted by Gasteiger charge is -2.32. The fourth-order valence-corrected chi connectivity index (χ4v) is 2.85. The van der Waals surface area contributed by atoms with Crippen LogP contribution < -0.4 is 16.0 Å². The summed E-state index contributed by atoms with van der Waals surface area (Å²) in [6, 6.07) is 6.19. The molecule has 1 aromatic heterocycles. The number of aromatic carboxylic acids is 1. The van der Waals surface area contributed by atoms with E-state index in [0.29, 0.717) is 31.2 Å². The van der Waals surface area contributed by atoms with Gasteiger partial charge in [-0.3, -0.25) is 0 Å². The van der Waals surface area contributed by atoms with E-state index in [4.69, 9.17) is 10.8 Å². The Balaban J connectivity index is 1.74. The van der Waals surface area contributed by atoms with Crippen molar-refractivity contribution in [2.24, 2.45) is 11.7 Å². The Morgan fingerprint density at radius 2 is 2.00 bits per heavy atom. The molecule has 0 aliphatic carbocycles. The molecule has 4 N–H and O–H groups in total. The number of nitrogens with zero attached hydrogens (tertiary/aromatic N) is 3. The molecule has 0 bridgehead atoms. The first-order chi connectivity index (χ1) is 12.1. The minimum atomic E-state index is -0.993. The molecular formula is C17H20FN5O2. The highest BCUT2D eigenvalue weighted by molar-refractivity contribution is 5.88. The molecule has 8 heteroatoms. The second-order valence-corrected chi connectivity index (χ2v) is 6.04. The fourth-order valence-electron chi connectivity index (χ4n) is 2.85. The first-order valence-electron chi connectivity index (χ1n) is 8.14. The van der Waals surface area contributed by atoms with E-state index in [2.05, 4.69) is 15.3 Å². The van der Waals surface area contributed by atoms with Crippen molar-refractivity contribution in [1.82, 2.24) is 9.97 Å². The van der Waals surface area contributed by atoms with Crippen LogP contribution >= 0.6 is 0 Å². The Morgan fingerprint density at radius 3 is 2.60 bits per heavy atom. The normalized spacial score (nSPS) is 15.2. The molecule has 3 rings (SSSR count). The van der Waals surface area contributed by atoms with Crippen LogP contribution in [-0.4, -0.2) is 40.7 Å². The molecule has 0 spiro atoms. The zero-order valence-electron chi connectivity index (χ0n) is 13.7. The van der Waals surface area contributed by atoms with Gasteiger partial charge in [-0.2, -0.15) is 4.98 Å². The Hall–Kier alpha value is -2.74. The largest absolute Gasteiger partial charge is 0.478 e. The third-order valence-corrected chi connectivity index (χ3v) is 4.36. The number of piperidine rings is 1. The molecule has 0 atom stereocenters. The average molecular weight is 345 g/mol. The van der Waals surface area contributed by atoms with Crippen LogP contribution in [0.5, 0.6) is 0 Å². The van der Waals surface area contributed by atoms with Gasteiger partial charge in [-0.1, -0.05) is 0 Å². The number of hydrogen-bond donors (Lipinski definition) is 3. The van der Waals surface area contributed by atoms with Gasteiger partial charge in [-0.05, 0) is 49.6 Å². The quantitative estimate of drug-likeness (QED) is 0.763. The summed E-state index contributed by atoms with van der Waals surface area (Å²) in [6.07, 6.45) is 2.98. The maximum absolute atomic E-state index is 14.1. The molecule has 0 amide bonds. The number of aromatic nitrogens is 2. The molecule has 0 unspecified atom stereocenters. The highest BCUT2D eigenvalue weighted by Gasteiger charge is 2.22. The van der Waals surface area contributed by atoms with E-state index in [9.17, 15) is 9.18 Å². The number of rotatable bonds is 5. The number of halogens is 1. The number of carboxylic acid groups (broad SMARTS) is 1. The predicted molar refractivity (Wildman–Crippen MR) is 92.7 cm³/mol. The molecule has 25 heavy (non-hydrogen) atoms. The number of carbonyl (C=O) groups is 1. The highest BCUT2D eigenvalue weighted by Crippen LogP contribution is 2.25. The van der Waals surface area contributed by atoms with E-state index < -0.39 is 11.8 Å². The summed E-state index contributed by atoms with van der Waals surface area (Å²) in [7, 11) is 0. The summed E-state index contributed by atoms with van der Waals surface area (Å²) >= 11 is 0. The van der Waals surface area contributed by atoms with Gasteiger partial charge in [-0.25, -0.2) is 14.2 Å². The molecule has 1 saturated heterocycles. The molecule has 0 saturated carbocycles. The SMILES string of the molecule is NCC1CCN(c2nc(Nc3ccc(C(=O)O)cc3)ncc2F)CC1. The van der Waals surface area contributed by atoms with Gasteiger partial charge in [0.25, 0.3) is 0 Å². The van der Waals surface area contributed by atoms with E-state index in [-0.39, 0.29) is 17.3 Å². The highest BCUT2D eigenvalue weighted by atomic mass is 19.1. The van der Waals surface area contributed by atoms with Crippen LogP contribution in [0.4, 0.5) is 21.8 Å². The van der Waals surface area contributed by atoms with Crippen LogP contribution in [0, 0.1) is 11.7 Å². The lowest BCUT2D eigenvalue weighted by molar-refractivity contribution is 0.0697.